The molecule has 1 heterocycles. The maximum Gasteiger partial charge on any atom is 0.00387 e. The summed E-state index contributed by atoms with van der Waals surface area (Å²) in [5, 5.41) is 0. The van der Waals surface area contributed by atoms with Crippen molar-refractivity contribution in [1.82, 2.24) is 4.90 Å². The molecule has 0 spiro atoms. The lowest BCUT2D eigenvalue weighted by molar-refractivity contribution is 0.134. The second-order valence-corrected chi connectivity index (χ2v) is 6.55. The Balaban J connectivity index is 2.75. The van der Waals surface area contributed by atoms with Gasteiger partial charge in [-0.05, 0) is 56.9 Å². The summed E-state index contributed by atoms with van der Waals surface area (Å²) in [6.07, 6.45) is 2.83. The van der Waals surface area contributed by atoms with Crippen LogP contribution >= 0.6 is 0 Å². The van der Waals surface area contributed by atoms with E-state index >= 15 is 0 Å². The van der Waals surface area contributed by atoms with E-state index in [1.807, 2.05) is 0 Å². The van der Waals surface area contributed by atoms with Gasteiger partial charge in [0, 0.05) is 12.6 Å². The van der Waals surface area contributed by atoms with Crippen molar-refractivity contribution < 1.29 is 0 Å². The third kappa shape index (κ3) is 3.48. The Bertz CT molecular complexity index is 196. The van der Waals surface area contributed by atoms with Gasteiger partial charge in [-0.3, -0.25) is 0 Å². The first kappa shape index (κ1) is 14.0. The molecule has 0 saturated carbocycles. The fourth-order valence-corrected chi connectivity index (χ4v) is 3.24. The average molecular weight is 225 g/mol. The van der Waals surface area contributed by atoms with Crippen molar-refractivity contribution in [3.05, 3.63) is 0 Å². The topological polar surface area (TPSA) is 3.24 Å². The lowest BCUT2D eigenvalue weighted by atomic mass is 9.75. The minimum Gasteiger partial charge on any atom is -0.301 e. The third-order valence-electron chi connectivity index (χ3n) is 4.42. The molecular formula is C15H31N. The predicted molar refractivity (Wildman–Crippen MR) is 72.6 cm³/mol. The van der Waals surface area contributed by atoms with Gasteiger partial charge < -0.3 is 4.90 Å². The fourth-order valence-electron chi connectivity index (χ4n) is 3.24. The summed E-state index contributed by atoms with van der Waals surface area (Å²) in [4.78, 5) is 2.69. The molecule has 1 nitrogen and oxygen atoms in total. The summed E-state index contributed by atoms with van der Waals surface area (Å²) in [6.45, 7) is 16.9. The van der Waals surface area contributed by atoms with Crippen LogP contribution in [-0.2, 0) is 0 Å². The summed E-state index contributed by atoms with van der Waals surface area (Å²) >= 11 is 0. The number of likely N-dealkylation sites (tertiary alicyclic amines) is 1. The zero-order valence-electron chi connectivity index (χ0n) is 12.2. The molecule has 2 atom stereocenters. The van der Waals surface area contributed by atoms with E-state index in [9.17, 15) is 0 Å². The lowest BCUT2D eigenvalue weighted by Crippen LogP contribution is -2.38. The SMILES string of the molecule is CC(C)C1CCCN(C(C)C)CC1C(C)C. The first-order chi connectivity index (χ1) is 7.43. The molecule has 1 heteroatoms. The van der Waals surface area contributed by atoms with E-state index in [1.165, 1.54) is 25.9 Å². The monoisotopic (exact) mass is 225 g/mol. The van der Waals surface area contributed by atoms with Gasteiger partial charge >= 0.3 is 0 Å². The highest BCUT2D eigenvalue weighted by Crippen LogP contribution is 2.34. The molecule has 2 unspecified atom stereocenters. The summed E-state index contributed by atoms with van der Waals surface area (Å²) in [6, 6.07) is 0.715. The van der Waals surface area contributed by atoms with Crippen LogP contribution < -0.4 is 0 Å². The van der Waals surface area contributed by atoms with Gasteiger partial charge in [0.25, 0.3) is 0 Å². The zero-order chi connectivity index (χ0) is 12.3. The summed E-state index contributed by atoms with van der Waals surface area (Å²) in [5.74, 6) is 3.50. The van der Waals surface area contributed by atoms with Crippen molar-refractivity contribution in [2.75, 3.05) is 13.1 Å². The van der Waals surface area contributed by atoms with Gasteiger partial charge in [0.1, 0.15) is 0 Å². The Kier molecular flexibility index (Phi) is 5.30. The van der Waals surface area contributed by atoms with Crippen LogP contribution in [0.15, 0.2) is 0 Å². The highest BCUT2D eigenvalue weighted by Gasteiger charge is 2.31. The van der Waals surface area contributed by atoms with Crippen molar-refractivity contribution in [2.45, 2.75) is 60.4 Å². The summed E-state index contributed by atoms with van der Waals surface area (Å²) in [7, 11) is 0. The number of nitrogens with zero attached hydrogens (tertiary/aromatic N) is 1. The highest BCUT2D eigenvalue weighted by molar-refractivity contribution is 4.83. The molecule has 16 heavy (non-hydrogen) atoms. The van der Waals surface area contributed by atoms with E-state index in [2.05, 4.69) is 46.4 Å². The quantitative estimate of drug-likeness (QED) is 0.701. The van der Waals surface area contributed by atoms with Crippen molar-refractivity contribution >= 4 is 0 Å². The Morgan fingerprint density at radius 3 is 1.88 bits per heavy atom. The maximum absolute atomic E-state index is 2.69. The first-order valence-electron chi connectivity index (χ1n) is 7.17. The van der Waals surface area contributed by atoms with E-state index in [4.69, 9.17) is 0 Å². The number of hydrogen-bond donors (Lipinski definition) is 0. The third-order valence-corrected chi connectivity index (χ3v) is 4.42. The van der Waals surface area contributed by atoms with Gasteiger partial charge in [0.05, 0.1) is 0 Å². The molecule has 0 aromatic heterocycles. The molecule has 0 bridgehead atoms. The van der Waals surface area contributed by atoms with E-state index in [0.29, 0.717) is 6.04 Å². The van der Waals surface area contributed by atoms with Crippen LogP contribution in [0.25, 0.3) is 0 Å². The van der Waals surface area contributed by atoms with E-state index in [1.54, 1.807) is 0 Å². The molecule has 1 fully saturated rings. The predicted octanol–water partition coefficient (Wildman–Crippen LogP) is 4.04. The molecule has 0 amide bonds. The van der Waals surface area contributed by atoms with Gasteiger partial charge in [-0.15, -0.1) is 0 Å². The molecular weight excluding hydrogens is 194 g/mol. The zero-order valence-corrected chi connectivity index (χ0v) is 12.2. The van der Waals surface area contributed by atoms with Gasteiger partial charge in [-0.2, -0.15) is 0 Å². The van der Waals surface area contributed by atoms with Gasteiger partial charge in [0.2, 0.25) is 0 Å². The normalized spacial score (nSPS) is 29.1. The first-order valence-corrected chi connectivity index (χ1v) is 7.17. The van der Waals surface area contributed by atoms with E-state index in [0.717, 1.165) is 23.7 Å². The van der Waals surface area contributed by atoms with E-state index < -0.39 is 0 Å². The van der Waals surface area contributed by atoms with Crippen LogP contribution in [0, 0.1) is 23.7 Å². The Morgan fingerprint density at radius 2 is 1.44 bits per heavy atom. The second kappa shape index (κ2) is 6.05. The molecule has 0 radical (unpaired) electrons. The van der Waals surface area contributed by atoms with Crippen LogP contribution in [0.5, 0.6) is 0 Å². The summed E-state index contributed by atoms with van der Waals surface area (Å²) < 4.78 is 0. The Hall–Kier alpha value is -0.0400. The second-order valence-electron chi connectivity index (χ2n) is 6.55. The van der Waals surface area contributed by atoms with Crippen LogP contribution in [0.2, 0.25) is 0 Å². The van der Waals surface area contributed by atoms with Crippen LogP contribution in [0.3, 0.4) is 0 Å². The molecule has 1 rings (SSSR count). The molecule has 1 saturated heterocycles. The molecule has 96 valence electrons. The molecule has 0 aromatic rings. The molecule has 0 aromatic carbocycles. The van der Waals surface area contributed by atoms with Crippen LogP contribution in [-0.4, -0.2) is 24.0 Å². The Labute approximate surface area is 103 Å². The minimum atomic E-state index is 0.715. The van der Waals surface area contributed by atoms with Gasteiger partial charge in [0.15, 0.2) is 0 Å². The standard InChI is InChI=1S/C15H31N/c1-11(2)14-8-7-9-16(13(5)6)10-15(14)12(3)4/h11-15H,7-10H2,1-6H3. The van der Waals surface area contributed by atoms with Crippen molar-refractivity contribution in [2.24, 2.45) is 23.7 Å². The van der Waals surface area contributed by atoms with Gasteiger partial charge in [-0.1, -0.05) is 27.7 Å². The molecule has 0 N–H and O–H groups in total. The minimum absolute atomic E-state index is 0.715. The number of rotatable bonds is 3. The van der Waals surface area contributed by atoms with Crippen molar-refractivity contribution in [1.29, 1.82) is 0 Å². The van der Waals surface area contributed by atoms with Crippen LogP contribution in [0.1, 0.15) is 54.4 Å². The maximum atomic E-state index is 2.69. The molecule has 1 aliphatic rings. The van der Waals surface area contributed by atoms with Crippen LogP contribution in [0.4, 0.5) is 0 Å². The lowest BCUT2D eigenvalue weighted by Gasteiger charge is -2.35. The highest BCUT2D eigenvalue weighted by atomic mass is 15.1. The smallest absolute Gasteiger partial charge is 0.00387 e. The largest absolute Gasteiger partial charge is 0.301 e. The fraction of sp³-hybridized carbons (Fsp3) is 1.00. The average Bonchev–Trinajstić information content (AvgIpc) is 2.38. The number of hydrogen-bond acceptors (Lipinski definition) is 1. The Morgan fingerprint density at radius 1 is 0.875 bits per heavy atom. The molecule has 0 aliphatic carbocycles. The van der Waals surface area contributed by atoms with Crippen molar-refractivity contribution in [3.63, 3.8) is 0 Å². The summed E-state index contributed by atoms with van der Waals surface area (Å²) in [5.41, 5.74) is 0. The van der Waals surface area contributed by atoms with Crippen molar-refractivity contribution in [3.8, 4) is 0 Å². The van der Waals surface area contributed by atoms with E-state index in [-0.39, 0.29) is 0 Å². The molecule has 1 aliphatic heterocycles. The van der Waals surface area contributed by atoms with Gasteiger partial charge in [-0.25, -0.2) is 0 Å².